The average molecular weight is 418 g/mol. The van der Waals surface area contributed by atoms with Crippen LogP contribution >= 0.6 is 11.6 Å². The van der Waals surface area contributed by atoms with Crippen LogP contribution in [-0.4, -0.2) is 23.4 Å². The van der Waals surface area contributed by atoms with E-state index in [1.54, 1.807) is 44.5 Å². The number of benzene rings is 2. The molecular formula is C23H25ClFNO3. The standard InChI is InChI=1S/C23H25ClFNO3/c1-13(2)20(12-27)26-11-14(3)23(28)17-9-16(21(29-4)10-19(17)26)8-15-6-5-7-18(24)22(15)25/h5-7,9-11,13,20,27H,8,12H2,1-4H3/t20-/m1/s1. The molecule has 29 heavy (non-hydrogen) atoms. The van der Waals surface area contributed by atoms with Gasteiger partial charge in [-0.1, -0.05) is 37.6 Å². The Labute approximate surface area is 174 Å². The van der Waals surface area contributed by atoms with Gasteiger partial charge in [-0.3, -0.25) is 4.79 Å². The lowest BCUT2D eigenvalue weighted by molar-refractivity contribution is 0.195. The quantitative estimate of drug-likeness (QED) is 0.621. The van der Waals surface area contributed by atoms with E-state index in [0.717, 1.165) is 0 Å². The summed E-state index contributed by atoms with van der Waals surface area (Å²) in [6.07, 6.45) is 2.02. The minimum absolute atomic E-state index is 0.0487. The number of aryl methyl sites for hydroxylation is 1. The summed E-state index contributed by atoms with van der Waals surface area (Å²) in [7, 11) is 1.54. The first kappa shape index (κ1) is 21.3. The summed E-state index contributed by atoms with van der Waals surface area (Å²) in [6, 6.07) is 8.23. The van der Waals surface area contributed by atoms with Crippen LogP contribution in [-0.2, 0) is 6.42 Å². The van der Waals surface area contributed by atoms with Gasteiger partial charge in [-0.05, 0) is 36.1 Å². The maximum absolute atomic E-state index is 14.4. The zero-order valence-electron chi connectivity index (χ0n) is 17.0. The lowest BCUT2D eigenvalue weighted by atomic mass is 9.98. The van der Waals surface area contributed by atoms with Crippen molar-refractivity contribution in [2.45, 2.75) is 33.2 Å². The van der Waals surface area contributed by atoms with Crippen molar-refractivity contribution >= 4 is 22.5 Å². The van der Waals surface area contributed by atoms with Crippen LogP contribution in [0, 0.1) is 18.7 Å². The highest BCUT2D eigenvalue weighted by Gasteiger charge is 2.20. The number of rotatable bonds is 6. The fourth-order valence-corrected chi connectivity index (χ4v) is 3.87. The van der Waals surface area contributed by atoms with E-state index in [1.165, 1.54) is 6.07 Å². The number of halogens is 2. The molecule has 4 nitrogen and oxygen atoms in total. The Bertz CT molecular complexity index is 1110. The first-order chi connectivity index (χ1) is 13.8. The largest absolute Gasteiger partial charge is 0.496 e. The van der Waals surface area contributed by atoms with Crippen molar-refractivity contribution in [3.63, 3.8) is 0 Å². The van der Waals surface area contributed by atoms with E-state index >= 15 is 0 Å². The number of nitrogens with zero attached hydrogens (tertiary/aromatic N) is 1. The number of pyridine rings is 1. The van der Waals surface area contributed by atoms with Gasteiger partial charge in [-0.25, -0.2) is 4.39 Å². The topological polar surface area (TPSA) is 51.5 Å². The van der Waals surface area contributed by atoms with Crippen LogP contribution < -0.4 is 10.2 Å². The zero-order chi connectivity index (χ0) is 21.3. The van der Waals surface area contributed by atoms with E-state index in [1.807, 2.05) is 18.4 Å². The summed E-state index contributed by atoms with van der Waals surface area (Å²) in [5, 5.41) is 10.5. The number of aliphatic hydroxyl groups is 1. The van der Waals surface area contributed by atoms with Gasteiger partial charge in [0, 0.05) is 29.6 Å². The Morgan fingerprint density at radius 1 is 1.24 bits per heavy atom. The highest BCUT2D eigenvalue weighted by atomic mass is 35.5. The molecule has 3 aromatic rings. The smallest absolute Gasteiger partial charge is 0.192 e. The molecule has 3 rings (SSSR count). The summed E-state index contributed by atoms with van der Waals surface area (Å²) in [6.45, 7) is 5.75. The molecule has 0 saturated heterocycles. The minimum atomic E-state index is -0.474. The maximum Gasteiger partial charge on any atom is 0.192 e. The number of hydrogen-bond donors (Lipinski definition) is 1. The molecule has 1 N–H and O–H groups in total. The van der Waals surface area contributed by atoms with Gasteiger partial charge in [0.05, 0.1) is 30.3 Å². The lowest BCUT2D eigenvalue weighted by Gasteiger charge is -2.25. The predicted molar refractivity (Wildman–Crippen MR) is 115 cm³/mol. The highest BCUT2D eigenvalue weighted by molar-refractivity contribution is 6.30. The number of aromatic nitrogens is 1. The number of methoxy groups -OCH3 is 1. The van der Waals surface area contributed by atoms with E-state index in [4.69, 9.17) is 16.3 Å². The molecule has 0 fully saturated rings. The minimum Gasteiger partial charge on any atom is -0.496 e. The van der Waals surface area contributed by atoms with Gasteiger partial charge in [0.1, 0.15) is 11.6 Å². The van der Waals surface area contributed by atoms with Crippen LogP contribution in [0.25, 0.3) is 10.9 Å². The van der Waals surface area contributed by atoms with Crippen LogP contribution in [0.1, 0.15) is 36.6 Å². The molecule has 0 amide bonds. The van der Waals surface area contributed by atoms with Crippen molar-refractivity contribution in [1.82, 2.24) is 4.57 Å². The van der Waals surface area contributed by atoms with Gasteiger partial charge in [-0.2, -0.15) is 0 Å². The molecule has 1 heterocycles. The molecule has 0 aliphatic carbocycles. The number of aliphatic hydroxyl groups excluding tert-OH is 1. The van der Waals surface area contributed by atoms with Crippen molar-refractivity contribution in [3.8, 4) is 5.75 Å². The Balaban J connectivity index is 2.25. The Morgan fingerprint density at radius 2 is 1.97 bits per heavy atom. The van der Waals surface area contributed by atoms with E-state index < -0.39 is 5.82 Å². The van der Waals surface area contributed by atoms with Crippen LogP contribution in [0.3, 0.4) is 0 Å². The van der Waals surface area contributed by atoms with Gasteiger partial charge in [0.25, 0.3) is 0 Å². The summed E-state index contributed by atoms with van der Waals surface area (Å²) >= 11 is 5.91. The molecule has 6 heteroatoms. The van der Waals surface area contributed by atoms with E-state index in [9.17, 15) is 14.3 Å². The third kappa shape index (κ3) is 4.02. The molecule has 154 valence electrons. The SMILES string of the molecule is COc1cc2c(cc1Cc1cccc(Cl)c1F)c(=O)c(C)cn2[C@H](CO)C(C)C. The number of hydrogen-bond acceptors (Lipinski definition) is 3. The molecule has 0 radical (unpaired) electrons. The Morgan fingerprint density at radius 3 is 2.59 bits per heavy atom. The Hall–Kier alpha value is -2.37. The van der Waals surface area contributed by atoms with Crippen LogP contribution in [0.2, 0.25) is 5.02 Å². The molecule has 0 spiro atoms. The normalized spacial score (nSPS) is 12.6. The summed E-state index contributed by atoms with van der Waals surface area (Å²) < 4.78 is 21.9. The molecule has 0 saturated carbocycles. The first-order valence-corrected chi connectivity index (χ1v) is 9.92. The predicted octanol–water partition coefficient (Wildman–Crippen LogP) is 4.89. The van der Waals surface area contributed by atoms with E-state index in [2.05, 4.69) is 0 Å². The Kier molecular flexibility index (Phi) is 6.30. The van der Waals surface area contributed by atoms with Crippen LogP contribution in [0.4, 0.5) is 4.39 Å². The molecule has 0 aliphatic rings. The monoisotopic (exact) mass is 417 g/mol. The molecule has 1 aromatic heterocycles. The van der Waals surface area contributed by atoms with Crippen molar-refractivity contribution in [1.29, 1.82) is 0 Å². The van der Waals surface area contributed by atoms with Gasteiger partial charge >= 0.3 is 0 Å². The molecule has 1 atom stereocenters. The van der Waals surface area contributed by atoms with Gasteiger partial charge in [-0.15, -0.1) is 0 Å². The summed E-state index contributed by atoms with van der Waals surface area (Å²) in [5.41, 5.74) is 2.30. The highest BCUT2D eigenvalue weighted by Crippen LogP contribution is 2.31. The maximum atomic E-state index is 14.4. The number of fused-ring (bicyclic) bond motifs is 1. The lowest BCUT2D eigenvalue weighted by Crippen LogP contribution is -2.23. The molecule has 0 aliphatic heterocycles. The second-order valence-corrected chi connectivity index (χ2v) is 8.02. The third-order valence-corrected chi connectivity index (χ3v) is 5.63. The van der Waals surface area contributed by atoms with Gasteiger partial charge in [0.2, 0.25) is 0 Å². The van der Waals surface area contributed by atoms with Crippen LogP contribution in [0.15, 0.2) is 41.3 Å². The number of ether oxygens (including phenoxy) is 1. The molecule has 0 unspecified atom stereocenters. The summed E-state index contributed by atoms with van der Waals surface area (Å²) in [4.78, 5) is 12.9. The van der Waals surface area contributed by atoms with Crippen molar-refractivity contribution in [2.24, 2.45) is 5.92 Å². The summed E-state index contributed by atoms with van der Waals surface area (Å²) in [5.74, 6) is 0.240. The van der Waals surface area contributed by atoms with E-state index in [0.29, 0.717) is 33.3 Å². The van der Waals surface area contributed by atoms with Gasteiger partial charge in [0.15, 0.2) is 5.43 Å². The van der Waals surface area contributed by atoms with E-state index in [-0.39, 0.29) is 35.4 Å². The third-order valence-electron chi connectivity index (χ3n) is 5.34. The van der Waals surface area contributed by atoms with Gasteiger partial charge < -0.3 is 14.4 Å². The fraction of sp³-hybridized carbons (Fsp3) is 0.348. The fourth-order valence-electron chi connectivity index (χ4n) is 3.67. The average Bonchev–Trinajstić information content (AvgIpc) is 2.69. The molecule has 2 aromatic carbocycles. The van der Waals surface area contributed by atoms with Crippen molar-refractivity contribution in [3.05, 3.63) is 74.3 Å². The van der Waals surface area contributed by atoms with Crippen LogP contribution in [0.5, 0.6) is 5.75 Å². The zero-order valence-corrected chi connectivity index (χ0v) is 17.8. The van der Waals surface area contributed by atoms with Crippen molar-refractivity contribution < 1.29 is 14.2 Å². The second kappa shape index (κ2) is 8.56. The van der Waals surface area contributed by atoms with Crippen molar-refractivity contribution in [2.75, 3.05) is 13.7 Å². The molecular weight excluding hydrogens is 393 g/mol. The second-order valence-electron chi connectivity index (χ2n) is 7.61. The first-order valence-electron chi connectivity index (χ1n) is 9.54. The molecule has 0 bridgehead atoms.